The van der Waals surface area contributed by atoms with Gasteiger partial charge in [0.1, 0.15) is 72.2 Å². The zero-order valence-corrected chi connectivity index (χ0v) is 79.3. The molecule has 0 saturated carbocycles. The Morgan fingerprint density at radius 2 is 1.09 bits per heavy atom. The lowest BCUT2D eigenvalue weighted by molar-refractivity contribution is -0.150. The molecule has 19 N–H and O–H groups in total. The maximum Gasteiger partial charge on any atom is 0.305 e. The minimum Gasteiger partial charge on any atom is -0.497 e. The first-order valence-electron chi connectivity index (χ1n) is 46.7. The van der Waals surface area contributed by atoms with Crippen LogP contribution >= 0.6 is 11.8 Å². The first kappa shape index (κ1) is 108. The summed E-state index contributed by atoms with van der Waals surface area (Å²) in [6.07, 6.45) is 1.88. The monoisotopic (exact) mass is 1920 g/mol. The Morgan fingerprint density at radius 1 is 0.533 bits per heavy atom. The molecule has 41 nitrogen and oxygen atoms in total. The third kappa shape index (κ3) is 30.3. The fraction of sp³-hybridized carbons (Fsp3) is 0.547. The third-order valence-electron chi connectivity index (χ3n) is 25.4. The number of carbonyl (C=O) groups is 18. The number of nitrogens with two attached hydrogens (primary N) is 3. The molecule has 0 unspecified atom stereocenters. The number of likely N-dealkylation sites (N-methyl/N-ethyl adjacent to an activating group) is 3. The quantitative estimate of drug-likeness (QED) is 0.0286. The van der Waals surface area contributed by atoms with Gasteiger partial charge in [0.2, 0.25) is 82.7 Å². The number of unbranched alkanes of at least 4 members (excludes halogenated alkanes) is 3. The van der Waals surface area contributed by atoms with Gasteiger partial charge in [-0.2, -0.15) is 0 Å². The number of aromatic nitrogens is 2. The molecule has 0 bridgehead atoms. The Labute approximate surface area is 798 Å². The van der Waals surface area contributed by atoms with Gasteiger partial charge in [-0.05, 0) is 131 Å². The van der Waals surface area contributed by atoms with Gasteiger partial charge in [-0.3, -0.25) is 91.3 Å². The van der Waals surface area contributed by atoms with Gasteiger partial charge in [0, 0.05) is 138 Å². The molecule has 6 heterocycles. The van der Waals surface area contributed by atoms with Crippen LogP contribution in [-0.2, 0) is 106 Å². The number of hydrogen-bond acceptors (Lipinski definition) is 24. The van der Waals surface area contributed by atoms with Crippen LogP contribution in [0.4, 0.5) is 0 Å². The molecular formula is C95H131N19O22S. The summed E-state index contributed by atoms with van der Waals surface area (Å²) >= 11 is 0.823. The standard InChI is InChI=1S/C95H131N19O22S/c1-8-10-26-74-88(128)103-66(25-18-37-97)86(126)109-73(78(116)33-34-80(98)118)52-137-53-81(119)102-70(40-55-29-31-61(136-7)32-30-55)91(131)110(4)54(3)84(124)107-72(47-83(122)123)94(134)113-39-19-28-75(113)89(129)106-69(41-56-35-38-99-48-56)87(127)104-67(24-16-17-36-96)93(133)114-51-60(115)46-77(114)90(130)105-68(42-58-49-100-64-22-14-12-20-62(58)64)79(117)44-57(45-82(120)121)85(125)108-71(43-59-50-101-65-23-15-13-21-63(59)65)92(132)112(6)76(27-11-9-2)95(135)111(74)5/h12-15,20-23,29-32,38,48-50,54,57,60,66-77,100-101,115H,8-11,16-19,24-28,33-37,39-47,51-53,96-97H2,1-7H3,(H2,98,118)(H,102,119)(H,103,128)(H,104,127)(H,105,130)(H,106,129)(H,107,124)(H,108,125)(H,109,126)(H,120,121)(H,122,123)/t54-,57-,60+,66-,67-,68-,69-,70-,71-,72-,73-,74-,75-,76-,77-/m0/s1. The molecule has 3 fully saturated rings. The van der Waals surface area contributed by atoms with Crippen LogP contribution in [0.15, 0.2) is 102 Å². The van der Waals surface area contributed by atoms with Gasteiger partial charge in [-0.1, -0.05) is 88.1 Å². The molecule has 9 rings (SSSR count). The van der Waals surface area contributed by atoms with E-state index in [2.05, 4.69) is 57.5 Å². The van der Waals surface area contributed by atoms with E-state index in [0.29, 0.717) is 81.9 Å². The fourth-order valence-electron chi connectivity index (χ4n) is 17.5. The Balaban J connectivity index is 1.11. The van der Waals surface area contributed by atoms with Crippen molar-refractivity contribution in [2.75, 3.05) is 65.9 Å². The number of ether oxygens (including phenoxy) is 1. The van der Waals surface area contributed by atoms with Crippen molar-refractivity contribution in [3.63, 3.8) is 0 Å². The largest absolute Gasteiger partial charge is 0.497 e. The van der Waals surface area contributed by atoms with Gasteiger partial charge in [-0.15, -0.1) is 11.8 Å². The number of thioether (sulfide) groups is 1. The molecule has 42 heteroatoms. The summed E-state index contributed by atoms with van der Waals surface area (Å²) in [5, 5.41) is 55.5. The second-order valence-electron chi connectivity index (χ2n) is 35.4. The number of carbonyl (C=O) groups excluding carboxylic acids is 16. The number of methoxy groups -OCH3 is 1. The number of fused-ring (bicyclic) bond motifs is 4. The lowest BCUT2D eigenvalue weighted by atomic mass is 9.91. The van der Waals surface area contributed by atoms with Crippen LogP contribution in [0.25, 0.3) is 21.8 Å². The van der Waals surface area contributed by atoms with E-state index >= 15 is 38.4 Å². The lowest BCUT2D eigenvalue weighted by Gasteiger charge is -2.36. The summed E-state index contributed by atoms with van der Waals surface area (Å²) in [4.78, 5) is 280. The van der Waals surface area contributed by atoms with Crippen LogP contribution in [0.5, 0.6) is 5.75 Å². The van der Waals surface area contributed by atoms with Crippen molar-refractivity contribution in [3.8, 4) is 5.75 Å². The predicted octanol–water partition coefficient (Wildman–Crippen LogP) is 1.12. The van der Waals surface area contributed by atoms with E-state index in [-0.39, 0.29) is 109 Å². The number of aliphatic carboxylic acids is 2. The highest BCUT2D eigenvalue weighted by Crippen LogP contribution is 2.30. The highest BCUT2D eigenvalue weighted by Gasteiger charge is 2.47. The van der Waals surface area contributed by atoms with E-state index in [1.807, 2.05) is 13.8 Å². The first-order valence-corrected chi connectivity index (χ1v) is 47.8. The Morgan fingerprint density at radius 3 is 1.70 bits per heavy atom. The first-order chi connectivity index (χ1) is 65.5. The fourth-order valence-corrected chi connectivity index (χ4v) is 18.4. The van der Waals surface area contributed by atoms with Crippen LogP contribution in [0, 0.1) is 5.92 Å². The maximum absolute atomic E-state index is 15.8. The van der Waals surface area contributed by atoms with Gasteiger partial charge in [0.25, 0.3) is 0 Å². The van der Waals surface area contributed by atoms with Crippen LogP contribution in [0.2, 0.25) is 0 Å². The number of carboxylic acids is 2. The number of primary amides is 1. The molecule has 3 saturated heterocycles. The number of nitrogens with one attached hydrogen (secondary N) is 10. The van der Waals surface area contributed by atoms with E-state index in [9.17, 15) is 63.3 Å². The minimum absolute atomic E-state index is 0.00250. The number of hydrogen-bond donors (Lipinski definition) is 16. The van der Waals surface area contributed by atoms with Crippen molar-refractivity contribution in [2.24, 2.45) is 28.1 Å². The van der Waals surface area contributed by atoms with Crippen molar-refractivity contribution >= 4 is 146 Å². The van der Waals surface area contributed by atoms with Crippen molar-refractivity contribution < 1.29 is 106 Å². The summed E-state index contributed by atoms with van der Waals surface area (Å²) in [5.74, 6) is -19.7. The van der Waals surface area contributed by atoms with Gasteiger partial charge in [0.05, 0.1) is 49.8 Å². The number of H-pyrrole nitrogens is 2. The molecule has 137 heavy (non-hydrogen) atoms. The van der Waals surface area contributed by atoms with Crippen LogP contribution in [0.1, 0.15) is 172 Å². The summed E-state index contributed by atoms with van der Waals surface area (Å²) in [5.41, 5.74) is 20.7. The maximum atomic E-state index is 15.8. The number of nitrogens with zero attached hydrogens (tertiary/aromatic N) is 6. The number of rotatable bonds is 30. The van der Waals surface area contributed by atoms with Crippen molar-refractivity contribution in [2.45, 2.75) is 260 Å². The smallest absolute Gasteiger partial charge is 0.305 e. The van der Waals surface area contributed by atoms with E-state index in [4.69, 9.17) is 21.9 Å². The minimum atomic E-state index is -1.89. The molecule has 15 atom stereocenters. The van der Waals surface area contributed by atoms with Gasteiger partial charge in [-0.25, -0.2) is 0 Å². The Kier molecular flexibility index (Phi) is 41.2. The number of Topliss-reactive ketones (excluding diaryl/α,β-unsaturated/α-hetero) is 2. The molecule has 3 aromatic carbocycles. The average Bonchev–Trinajstić information content (AvgIpc) is 1.79. The predicted molar refractivity (Wildman–Crippen MR) is 507 cm³/mol. The molecule has 14 amide bonds. The zero-order chi connectivity index (χ0) is 99.9. The summed E-state index contributed by atoms with van der Waals surface area (Å²) in [6.45, 7) is 4.47. The van der Waals surface area contributed by atoms with E-state index in [0.717, 1.165) is 36.3 Å². The van der Waals surface area contributed by atoms with Gasteiger partial charge < -0.3 is 114 Å². The normalized spacial score (nSPS) is 25.1. The third-order valence-corrected chi connectivity index (χ3v) is 26.5. The molecule has 0 spiro atoms. The number of ketones is 2. The van der Waals surface area contributed by atoms with Crippen LogP contribution in [-0.4, -0.2) is 313 Å². The molecule has 4 aliphatic rings. The number of benzene rings is 3. The molecule has 4 aliphatic heterocycles. The zero-order valence-electron chi connectivity index (χ0n) is 78.5. The summed E-state index contributed by atoms with van der Waals surface area (Å²) in [6, 6.07) is 0.568. The average molecular weight is 1920 g/mol. The second kappa shape index (κ2) is 52.4. The molecule has 5 aromatic rings. The van der Waals surface area contributed by atoms with Crippen LogP contribution in [0.3, 0.4) is 0 Å². The van der Waals surface area contributed by atoms with E-state index in [1.54, 1.807) is 91.4 Å². The molecule has 2 aromatic heterocycles. The number of aliphatic hydroxyl groups excluding tert-OH is 1. The number of para-hydroxylation sites is 2. The van der Waals surface area contributed by atoms with Crippen molar-refractivity contribution in [3.05, 3.63) is 114 Å². The van der Waals surface area contributed by atoms with Crippen molar-refractivity contribution in [1.29, 1.82) is 0 Å². The summed E-state index contributed by atoms with van der Waals surface area (Å²) < 4.78 is 5.35. The topological polar surface area (TPSA) is 612 Å². The molecule has 744 valence electrons. The van der Waals surface area contributed by atoms with Gasteiger partial charge in [0.15, 0.2) is 11.6 Å². The number of aromatic amines is 2. The Hall–Kier alpha value is -13.0. The number of carboxylic acid groups (broad SMARTS) is 2. The number of aliphatic hydroxyl groups is 1. The molecule has 0 aliphatic carbocycles. The summed E-state index contributed by atoms with van der Waals surface area (Å²) in [7, 11) is 5.36. The number of aliphatic imine (C=N–C) groups is 1. The number of amides is 14. The van der Waals surface area contributed by atoms with Gasteiger partial charge >= 0.3 is 11.9 Å². The van der Waals surface area contributed by atoms with Crippen LogP contribution < -0.4 is 64.5 Å². The molecule has 0 radical (unpaired) electrons. The highest BCUT2D eigenvalue weighted by molar-refractivity contribution is 8.00. The van der Waals surface area contributed by atoms with E-state index < -0.39 is 248 Å². The van der Waals surface area contributed by atoms with Crippen molar-refractivity contribution in [1.82, 2.24) is 77.0 Å². The molecular weight excluding hydrogens is 1790 g/mol. The second-order valence-corrected chi connectivity index (χ2v) is 36.4. The highest BCUT2D eigenvalue weighted by atomic mass is 32.2. The SMILES string of the molecule is CCCC[C@H]1C(=O)N(C)[C@@H](CCCC)C(=O)N[C@@H](CCCN)C(=O)N[C@H](C(=O)CCC(N)=O)CSCC(=O)N[C@@H](Cc2ccc(OC)cc2)C(=O)N(C)[C@@H](C)C(=O)N[C@@H](CC(=O)O)C(=O)N2CCC[C@H]2C(=O)N[C@@H](CC2=CN=CC2)C(=O)N[C@@H](CCCCN)C(=O)N2C[C@H](O)C[C@H]2C(=O)N[C@@H](Cc2c[nH]c3ccccc23)C(=O)C[C@@H](CC(=O)O)C(=O)N[C@@H](Cc2c[nH]c3ccccc23)C(=O)N1C. The lowest BCUT2D eigenvalue weighted by Crippen LogP contribution is -2.60. The Bertz CT molecular complexity index is 5220. The van der Waals surface area contributed by atoms with E-state index in [1.165, 1.54) is 41.4 Å².